The van der Waals surface area contributed by atoms with E-state index in [9.17, 15) is 4.79 Å². The molecule has 0 unspecified atom stereocenters. The predicted molar refractivity (Wildman–Crippen MR) is 90.0 cm³/mol. The number of nitrogens with zero attached hydrogens (tertiary/aromatic N) is 2. The number of nitrogens with one attached hydrogen (secondary N) is 1. The number of amides is 1. The number of fused-ring (bicyclic) bond motifs is 1. The van der Waals surface area contributed by atoms with E-state index in [2.05, 4.69) is 15.3 Å². The minimum Gasteiger partial charge on any atom is -0.480 e. The molecule has 1 amide bonds. The minimum absolute atomic E-state index is 0.0992. The van der Waals surface area contributed by atoms with E-state index in [0.717, 1.165) is 28.6 Å². The highest BCUT2D eigenvalue weighted by atomic mass is 32.1. The number of aryl methyl sites for hydroxylation is 1. The van der Waals surface area contributed by atoms with Gasteiger partial charge in [0.05, 0.1) is 17.4 Å². The summed E-state index contributed by atoms with van der Waals surface area (Å²) in [5.74, 6) is 0.906. The molecule has 0 radical (unpaired) electrons. The Morgan fingerprint density at radius 2 is 2.09 bits per heavy atom. The summed E-state index contributed by atoms with van der Waals surface area (Å²) in [7, 11) is 3.14. The molecule has 0 aliphatic carbocycles. The Morgan fingerprint density at radius 3 is 2.74 bits per heavy atom. The molecule has 2 rings (SSSR count). The summed E-state index contributed by atoms with van der Waals surface area (Å²) < 4.78 is 10.4. The molecule has 0 aliphatic rings. The summed E-state index contributed by atoms with van der Waals surface area (Å²) in [5.41, 5.74) is 6.29. The third-order valence-corrected chi connectivity index (χ3v) is 4.58. The lowest BCUT2D eigenvalue weighted by atomic mass is 10.2. The topological polar surface area (TPSA) is 99.4 Å². The fraction of sp³-hybridized carbons (Fsp3) is 0.533. The summed E-state index contributed by atoms with van der Waals surface area (Å²) in [4.78, 5) is 22.5. The van der Waals surface area contributed by atoms with Crippen LogP contribution in [0.5, 0.6) is 5.88 Å². The third-order valence-electron chi connectivity index (χ3n) is 3.39. The van der Waals surface area contributed by atoms with Crippen molar-refractivity contribution in [3.05, 3.63) is 16.3 Å². The normalized spacial score (nSPS) is 11.0. The smallest absolute Gasteiger partial charge is 0.261 e. The molecule has 7 nitrogen and oxygen atoms in total. The second-order valence-electron chi connectivity index (χ2n) is 5.07. The van der Waals surface area contributed by atoms with Gasteiger partial charge in [0.25, 0.3) is 5.91 Å². The van der Waals surface area contributed by atoms with E-state index < -0.39 is 0 Å². The van der Waals surface area contributed by atoms with Crippen LogP contribution < -0.4 is 15.8 Å². The van der Waals surface area contributed by atoms with Gasteiger partial charge in [0.2, 0.25) is 5.88 Å². The zero-order valence-corrected chi connectivity index (χ0v) is 14.5. The first-order valence-electron chi connectivity index (χ1n) is 7.43. The van der Waals surface area contributed by atoms with Crippen LogP contribution in [0.1, 0.15) is 33.9 Å². The van der Waals surface area contributed by atoms with Gasteiger partial charge in [0, 0.05) is 13.7 Å². The number of carbonyl (C=O) groups is 1. The highest BCUT2D eigenvalue weighted by Crippen LogP contribution is 2.34. The summed E-state index contributed by atoms with van der Waals surface area (Å²) in [6.07, 6.45) is 1.76. The van der Waals surface area contributed by atoms with Crippen LogP contribution in [0.2, 0.25) is 0 Å². The molecule has 2 aromatic rings. The van der Waals surface area contributed by atoms with Crippen molar-refractivity contribution >= 4 is 27.5 Å². The zero-order chi connectivity index (χ0) is 16.8. The Bertz CT molecular complexity index is 687. The molecular weight excluding hydrogens is 316 g/mol. The van der Waals surface area contributed by atoms with E-state index in [1.165, 1.54) is 11.3 Å². The van der Waals surface area contributed by atoms with Crippen molar-refractivity contribution in [1.82, 2.24) is 15.3 Å². The van der Waals surface area contributed by atoms with Gasteiger partial charge in [-0.15, -0.1) is 11.3 Å². The molecule has 0 atom stereocenters. The molecule has 23 heavy (non-hydrogen) atoms. The lowest BCUT2D eigenvalue weighted by molar-refractivity contribution is 0.0956. The standard InChI is InChI=1S/C15H22N4O3S/c1-9-11-14(22-3)18-10(8-21-2)19-15(11)23-12(9)13(20)17-7-5-4-6-16/h4-8,16H2,1-3H3,(H,17,20). The number of unbranched alkanes of at least 4 members (excludes halogenated alkanes) is 1. The van der Waals surface area contributed by atoms with Crippen molar-refractivity contribution in [2.75, 3.05) is 27.3 Å². The van der Waals surface area contributed by atoms with E-state index >= 15 is 0 Å². The highest BCUT2D eigenvalue weighted by molar-refractivity contribution is 7.20. The largest absolute Gasteiger partial charge is 0.480 e. The number of rotatable bonds is 8. The van der Waals surface area contributed by atoms with Crippen molar-refractivity contribution in [3.8, 4) is 5.88 Å². The first-order valence-corrected chi connectivity index (χ1v) is 8.25. The minimum atomic E-state index is -0.0992. The van der Waals surface area contributed by atoms with Crippen molar-refractivity contribution in [3.63, 3.8) is 0 Å². The van der Waals surface area contributed by atoms with Crippen LogP contribution in [0.3, 0.4) is 0 Å². The van der Waals surface area contributed by atoms with Gasteiger partial charge in [-0.3, -0.25) is 4.79 Å². The Morgan fingerprint density at radius 1 is 1.30 bits per heavy atom. The van der Waals surface area contributed by atoms with Crippen molar-refractivity contribution < 1.29 is 14.3 Å². The van der Waals surface area contributed by atoms with Gasteiger partial charge in [-0.2, -0.15) is 4.98 Å². The lowest BCUT2D eigenvalue weighted by Crippen LogP contribution is -2.24. The highest BCUT2D eigenvalue weighted by Gasteiger charge is 2.20. The second kappa shape index (κ2) is 8.19. The first kappa shape index (κ1) is 17.6. The molecule has 8 heteroatoms. The number of thiophene rings is 1. The molecule has 2 heterocycles. The van der Waals surface area contributed by atoms with Crippen LogP contribution in [-0.4, -0.2) is 43.2 Å². The molecule has 0 aliphatic heterocycles. The van der Waals surface area contributed by atoms with E-state index in [4.69, 9.17) is 15.2 Å². The van der Waals surface area contributed by atoms with E-state index in [1.807, 2.05) is 6.92 Å². The average Bonchev–Trinajstić information content (AvgIpc) is 2.88. The van der Waals surface area contributed by atoms with Crippen LogP contribution in [0.25, 0.3) is 10.2 Å². The monoisotopic (exact) mass is 338 g/mol. The Kier molecular flexibility index (Phi) is 6.26. The molecule has 0 bridgehead atoms. The van der Waals surface area contributed by atoms with E-state index in [-0.39, 0.29) is 5.91 Å². The maximum atomic E-state index is 12.4. The zero-order valence-electron chi connectivity index (χ0n) is 13.6. The van der Waals surface area contributed by atoms with E-state index in [1.54, 1.807) is 14.2 Å². The number of nitrogens with two attached hydrogens (primary N) is 1. The Labute approximate surface area is 139 Å². The average molecular weight is 338 g/mol. The van der Waals surface area contributed by atoms with Crippen molar-refractivity contribution in [2.45, 2.75) is 26.4 Å². The third kappa shape index (κ3) is 3.95. The molecular formula is C15H22N4O3S. The van der Waals surface area contributed by atoms with Gasteiger partial charge >= 0.3 is 0 Å². The van der Waals surface area contributed by atoms with Gasteiger partial charge in [-0.1, -0.05) is 0 Å². The summed E-state index contributed by atoms with van der Waals surface area (Å²) in [6, 6.07) is 0. The van der Waals surface area contributed by atoms with Gasteiger partial charge in [0.15, 0.2) is 5.82 Å². The van der Waals surface area contributed by atoms with Gasteiger partial charge in [-0.25, -0.2) is 4.98 Å². The number of methoxy groups -OCH3 is 2. The summed E-state index contributed by atoms with van der Waals surface area (Å²) >= 11 is 1.34. The van der Waals surface area contributed by atoms with Crippen molar-refractivity contribution in [2.24, 2.45) is 5.73 Å². The Balaban J connectivity index is 2.31. The predicted octanol–water partition coefficient (Wildman–Crippen LogP) is 1.62. The summed E-state index contributed by atoms with van der Waals surface area (Å²) in [5, 5.41) is 3.70. The molecule has 126 valence electrons. The number of hydrogen-bond donors (Lipinski definition) is 2. The maximum absolute atomic E-state index is 12.4. The van der Waals surface area contributed by atoms with Crippen molar-refractivity contribution in [1.29, 1.82) is 0 Å². The molecule has 0 spiro atoms. The van der Waals surface area contributed by atoms with E-state index in [0.29, 0.717) is 36.3 Å². The van der Waals surface area contributed by atoms with Gasteiger partial charge in [-0.05, 0) is 31.9 Å². The lowest BCUT2D eigenvalue weighted by Gasteiger charge is -2.05. The van der Waals surface area contributed by atoms with Gasteiger partial charge < -0.3 is 20.5 Å². The number of hydrogen-bond acceptors (Lipinski definition) is 7. The van der Waals surface area contributed by atoms with Crippen LogP contribution in [0.15, 0.2) is 0 Å². The van der Waals surface area contributed by atoms with Crippen LogP contribution in [0, 0.1) is 6.92 Å². The fourth-order valence-electron chi connectivity index (χ4n) is 2.25. The molecule has 0 saturated carbocycles. The number of ether oxygens (including phenoxy) is 2. The SMILES string of the molecule is COCc1nc(OC)c2c(C)c(C(=O)NCCCCN)sc2n1. The molecule has 0 fully saturated rings. The summed E-state index contributed by atoms with van der Waals surface area (Å²) in [6.45, 7) is 3.42. The van der Waals surface area contributed by atoms with Crippen LogP contribution >= 0.6 is 11.3 Å². The van der Waals surface area contributed by atoms with Gasteiger partial charge in [0.1, 0.15) is 11.4 Å². The number of carbonyl (C=O) groups excluding carboxylic acids is 1. The maximum Gasteiger partial charge on any atom is 0.261 e. The van der Waals surface area contributed by atoms with Crippen LogP contribution in [-0.2, 0) is 11.3 Å². The molecule has 0 saturated heterocycles. The first-order chi connectivity index (χ1) is 11.1. The molecule has 0 aromatic carbocycles. The van der Waals surface area contributed by atoms with Crippen LogP contribution in [0.4, 0.5) is 0 Å². The molecule has 3 N–H and O–H groups in total. The molecule has 2 aromatic heterocycles. The number of aromatic nitrogens is 2. The Hall–Kier alpha value is -1.77. The quantitative estimate of drug-likeness (QED) is 0.710. The fourth-order valence-corrected chi connectivity index (χ4v) is 3.36. The second-order valence-corrected chi connectivity index (χ2v) is 6.07.